The molecule has 0 fully saturated rings. The molecule has 0 unspecified atom stereocenters. The first-order chi connectivity index (χ1) is 9.79. The Morgan fingerprint density at radius 3 is 2.80 bits per heavy atom. The summed E-state index contributed by atoms with van der Waals surface area (Å²) in [5.74, 6) is 0.734. The van der Waals surface area contributed by atoms with Gasteiger partial charge in [-0.15, -0.1) is 0 Å². The van der Waals surface area contributed by atoms with Gasteiger partial charge in [0, 0.05) is 15.4 Å². The minimum Gasteiger partial charge on any atom is -0.473 e. The van der Waals surface area contributed by atoms with E-state index in [1.54, 1.807) is 0 Å². The number of benzene rings is 1. The van der Waals surface area contributed by atoms with Crippen molar-refractivity contribution < 1.29 is 4.74 Å². The van der Waals surface area contributed by atoms with Crippen LogP contribution in [0.5, 0.6) is 5.88 Å². The third-order valence-electron chi connectivity index (χ3n) is 3.11. The number of halogens is 1. The second-order valence-corrected chi connectivity index (χ2v) is 6.02. The van der Waals surface area contributed by atoms with E-state index in [1.165, 1.54) is 16.2 Å². The molecule has 0 saturated carbocycles. The smallest absolute Gasteiger partial charge is 0.219 e. The van der Waals surface area contributed by atoms with Gasteiger partial charge in [0.05, 0.1) is 16.6 Å². The number of pyridine rings is 1. The average Bonchev–Trinajstić information content (AvgIpc) is 2.96. The van der Waals surface area contributed by atoms with E-state index in [9.17, 15) is 0 Å². The minimum absolute atomic E-state index is 0.543. The predicted molar refractivity (Wildman–Crippen MR) is 90.7 cm³/mol. The molecule has 0 saturated heterocycles. The third kappa shape index (κ3) is 2.64. The van der Waals surface area contributed by atoms with Crippen molar-refractivity contribution in [2.75, 3.05) is 0 Å². The molecule has 102 valence electrons. The van der Waals surface area contributed by atoms with E-state index in [0.29, 0.717) is 6.61 Å². The summed E-state index contributed by atoms with van der Waals surface area (Å²) in [7, 11) is 0. The Morgan fingerprint density at radius 2 is 2.05 bits per heavy atom. The molecular weight excluding hydrogens is 383 g/mol. The maximum atomic E-state index is 5.94. The van der Waals surface area contributed by atoms with Crippen LogP contribution in [0.2, 0.25) is 0 Å². The molecule has 5 heteroatoms. The zero-order valence-corrected chi connectivity index (χ0v) is 13.9. The zero-order chi connectivity index (χ0) is 13.9. The molecule has 0 amide bonds. The van der Waals surface area contributed by atoms with E-state index in [-0.39, 0.29) is 0 Å². The Bertz CT molecular complexity index is 727. The van der Waals surface area contributed by atoms with Crippen molar-refractivity contribution >= 4 is 44.2 Å². The highest BCUT2D eigenvalue weighted by Crippen LogP contribution is 2.32. The van der Waals surface area contributed by atoms with Crippen LogP contribution in [0.15, 0.2) is 36.5 Å². The highest BCUT2D eigenvalue weighted by atomic mass is 127. The average molecular weight is 396 g/mol. The van der Waals surface area contributed by atoms with Crippen molar-refractivity contribution in [3.63, 3.8) is 0 Å². The number of hydrogen-bond acceptors (Lipinski definition) is 4. The highest BCUT2D eigenvalue weighted by Gasteiger charge is 2.14. The number of aryl methyl sites for hydroxylation is 1. The van der Waals surface area contributed by atoms with Crippen LogP contribution >= 0.6 is 34.1 Å². The lowest BCUT2D eigenvalue weighted by Crippen LogP contribution is -2.01. The van der Waals surface area contributed by atoms with Gasteiger partial charge in [-0.25, -0.2) is 4.98 Å². The van der Waals surface area contributed by atoms with Gasteiger partial charge in [-0.05, 0) is 24.0 Å². The van der Waals surface area contributed by atoms with Crippen molar-refractivity contribution in [2.45, 2.75) is 18.0 Å². The number of aromatic nitrogens is 2. The van der Waals surface area contributed by atoms with Crippen molar-refractivity contribution in [1.82, 2.24) is 9.36 Å². The van der Waals surface area contributed by atoms with Gasteiger partial charge < -0.3 is 4.74 Å². The Labute approximate surface area is 135 Å². The van der Waals surface area contributed by atoms with Crippen molar-refractivity contribution in [1.29, 1.82) is 0 Å². The standard InChI is InChI=1S/C15H13IN2OS/c1-10-13-8-17-20-14(13)12(7-16)15(18-10)19-9-11-5-3-2-4-6-11/h2-6,8H,7,9H2,1H3. The summed E-state index contributed by atoms with van der Waals surface area (Å²) < 4.78 is 12.3. The summed E-state index contributed by atoms with van der Waals surface area (Å²) in [4.78, 5) is 4.60. The van der Waals surface area contributed by atoms with Gasteiger partial charge in [0.1, 0.15) is 6.61 Å². The second kappa shape index (κ2) is 6.05. The van der Waals surface area contributed by atoms with E-state index >= 15 is 0 Å². The molecule has 0 aliphatic rings. The Kier molecular flexibility index (Phi) is 4.16. The molecule has 0 radical (unpaired) electrons. The van der Waals surface area contributed by atoms with Gasteiger partial charge in [-0.3, -0.25) is 0 Å². The van der Waals surface area contributed by atoms with E-state index in [4.69, 9.17) is 4.74 Å². The molecular formula is C15H13IN2OS. The maximum absolute atomic E-state index is 5.94. The van der Waals surface area contributed by atoms with Crippen molar-refractivity contribution in [3.05, 3.63) is 53.3 Å². The maximum Gasteiger partial charge on any atom is 0.219 e. The highest BCUT2D eigenvalue weighted by molar-refractivity contribution is 14.1. The fourth-order valence-corrected chi connectivity index (χ4v) is 3.85. The Morgan fingerprint density at radius 1 is 1.25 bits per heavy atom. The summed E-state index contributed by atoms with van der Waals surface area (Å²) in [6.07, 6.45) is 1.89. The molecule has 3 aromatic rings. The van der Waals surface area contributed by atoms with Gasteiger partial charge in [0.25, 0.3) is 0 Å². The van der Waals surface area contributed by atoms with Crippen LogP contribution in [0.25, 0.3) is 10.1 Å². The van der Waals surface area contributed by atoms with E-state index < -0.39 is 0 Å². The SMILES string of the molecule is Cc1nc(OCc2ccccc2)c(CI)c2sncc12. The number of ether oxygens (including phenoxy) is 1. The summed E-state index contributed by atoms with van der Waals surface area (Å²) >= 11 is 3.86. The molecule has 0 spiro atoms. The lowest BCUT2D eigenvalue weighted by Gasteiger charge is -2.11. The predicted octanol–water partition coefficient (Wildman–Crippen LogP) is 4.51. The van der Waals surface area contributed by atoms with Crippen LogP contribution in [-0.2, 0) is 11.0 Å². The van der Waals surface area contributed by atoms with E-state index in [2.05, 4.69) is 44.1 Å². The zero-order valence-electron chi connectivity index (χ0n) is 11.0. The molecule has 0 aliphatic carbocycles. The number of nitrogens with zero attached hydrogens (tertiary/aromatic N) is 2. The minimum atomic E-state index is 0.543. The van der Waals surface area contributed by atoms with Gasteiger partial charge in [-0.2, -0.15) is 4.37 Å². The van der Waals surface area contributed by atoms with Crippen LogP contribution < -0.4 is 4.74 Å². The lowest BCUT2D eigenvalue weighted by molar-refractivity contribution is 0.292. The van der Waals surface area contributed by atoms with Crippen LogP contribution in [0, 0.1) is 6.92 Å². The fourth-order valence-electron chi connectivity index (χ4n) is 2.06. The number of fused-ring (bicyclic) bond motifs is 1. The fraction of sp³-hybridized carbons (Fsp3) is 0.200. The van der Waals surface area contributed by atoms with Gasteiger partial charge in [0.15, 0.2) is 0 Å². The molecule has 0 atom stereocenters. The first-order valence-electron chi connectivity index (χ1n) is 6.26. The third-order valence-corrected chi connectivity index (χ3v) is 4.74. The van der Waals surface area contributed by atoms with E-state index in [1.807, 2.05) is 31.3 Å². The number of hydrogen-bond donors (Lipinski definition) is 0. The van der Waals surface area contributed by atoms with Gasteiger partial charge in [-0.1, -0.05) is 52.9 Å². The molecule has 3 nitrogen and oxygen atoms in total. The molecule has 20 heavy (non-hydrogen) atoms. The molecule has 2 aromatic heterocycles. The normalized spacial score (nSPS) is 10.9. The van der Waals surface area contributed by atoms with E-state index in [0.717, 1.165) is 32.5 Å². The molecule has 1 aromatic carbocycles. The summed E-state index contributed by atoms with van der Waals surface area (Å²) in [5, 5.41) is 1.13. The topological polar surface area (TPSA) is 35.0 Å². The summed E-state index contributed by atoms with van der Waals surface area (Å²) in [6.45, 7) is 2.55. The molecule has 0 bridgehead atoms. The lowest BCUT2D eigenvalue weighted by atomic mass is 10.2. The largest absolute Gasteiger partial charge is 0.473 e. The Balaban J connectivity index is 1.94. The molecule has 2 heterocycles. The van der Waals surface area contributed by atoms with Gasteiger partial charge >= 0.3 is 0 Å². The first-order valence-corrected chi connectivity index (χ1v) is 8.56. The number of rotatable bonds is 4. The first kappa shape index (κ1) is 13.8. The molecule has 0 aliphatic heterocycles. The van der Waals surface area contributed by atoms with Crippen molar-refractivity contribution in [2.24, 2.45) is 0 Å². The summed E-state index contributed by atoms with van der Waals surface area (Å²) in [6, 6.07) is 10.2. The molecule has 0 N–H and O–H groups in total. The molecule has 3 rings (SSSR count). The van der Waals surface area contributed by atoms with Crippen LogP contribution in [0.3, 0.4) is 0 Å². The monoisotopic (exact) mass is 396 g/mol. The Hall–Kier alpha value is -1.21. The van der Waals surface area contributed by atoms with Crippen LogP contribution in [-0.4, -0.2) is 9.36 Å². The summed E-state index contributed by atoms with van der Waals surface area (Å²) in [5.41, 5.74) is 3.27. The van der Waals surface area contributed by atoms with Crippen LogP contribution in [0.4, 0.5) is 0 Å². The van der Waals surface area contributed by atoms with Gasteiger partial charge in [0.2, 0.25) is 5.88 Å². The number of alkyl halides is 1. The van der Waals surface area contributed by atoms with Crippen molar-refractivity contribution in [3.8, 4) is 5.88 Å². The quantitative estimate of drug-likeness (QED) is 0.481. The second-order valence-electron chi connectivity index (χ2n) is 4.46. The van der Waals surface area contributed by atoms with Crippen LogP contribution in [0.1, 0.15) is 16.8 Å².